The van der Waals surface area contributed by atoms with Crippen molar-refractivity contribution in [2.75, 3.05) is 33.4 Å². The lowest BCUT2D eigenvalue weighted by Gasteiger charge is -2.33. The molecule has 2 aromatic rings. The third-order valence-corrected chi connectivity index (χ3v) is 5.97. The van der Waals surface area contributed by atoms with E-state index in [1.807, 2.05) is 42.5 Å². The van der Waals surface area contributed by atoms with Gasteiger partial charge in [-0.15, -0.1) is 0 Å². The number of carbonyl (C=O) groups excluding carboxylic acids is 2. The van der Waals surface area contributed by atoms with Crippen LogP contribution < -0.4 is 0 Å². The molecule has 2 heterocycles. The zero-order valence-electron chi connectivity index (χ0n) is 19.1. The fourth-order valence-electron chi connectivity index (χ4n) is 3.98. The SMILES string of the molecule is COC(=O)c1ccc([C@@H]2C=C(C(=O)N3CCOCC3)O[C@H](OCc3ccc(CO)cc3)C2)cc1. The maximum atomic E-state index is 13.1. The number of ether oxygens (including phenoxy) is 4. The van der Waals surface area contributed by atoms with Gasteiger partial charge >= 0.3 is 5.97 Å². The Kier molecular flexibility index (Phi) is 7.95. The molecular weight excluding hydrogens is 438 g/mol. The standard InChI is InChI=1S/C26H29NO7/c1-31-26(30)21-8-6-20(7-9-21)22-14-23(25(29)27-10-12-32-13-11-27)34-24(15-22)33-17-19-4-2-18(16-28)3-5-19/h2-9,14,22,24,28H,10-13,15-17H2,1H3/t22-,24+/m1/s1. The van der Waals surface area contributed by atoms with Gasteiger partial charge in [0.2, 0.25) is 6.29 Å². The zero-order valence-corrected chi connectivity index (χ0v) is 19.1. The highest BCUT2D eigenvalue weighted by molar-refractivity contribution is 5.92. The highest BCUT2D eigenvalue weighted by Gasteiger charge is 2.31. The Bertz CT molecular complexity index is 1010. The number of benzene rings is 2. The van der Waals surface area contributed by atoms with Gasteiger partial charge in [-0.05, 0) is 34.9 Å². The predicted octanol–water partition coefficient (Wildman–Crippen LogP) is 2.76. The first kappa shape index (κ1) is 23.9. The molecule has 2 atom stereocenters. The first-order valence-corrected chi connectivity index (χ1v) is 11.3. The Labute approximate surface area is 198 Å². The minimum absolute atomic E-state index is 0.0128. The van der Waals surface area contributed by atoms with Crippen LogP contribution >= 0.6 is 0 Å². The molecule has 1 N–H and O–H groups in total. The summed E-state index contributed by atoms with van der Waals surface area (Å²) in [5, 5.41) is 9.22. The topological polar surface area (TPSA) is 94.5 Å². The Morgan fingerprint density at radius 1 is 1.03 bits per heavy atom. The number of esters is 1. The van der Waals surface area contributed by atoms with Gasteiger partial charge in [0.25, 0.3) is 5.91 Å². The number of hydrogen-bond donors (Lipinski definition) is 1. The van der Waals surface area contributed by atoms with E-state index in [0.29, 0.717) is 44.9 Å². The zero-order chi connectivity index (χ0) is 23.9. The van der Waals surface area contributed by atoms with Crippen LogP contribution in [0.2, 0.25) is 0 Å². The third-order valence-electron chi connectivity index (χ3n) is 5.97. The molecule has 1 saturated heterocycles. The van der Waals surface area contributed by atoms with Crippen molar-refractivity contribution in [3.05, 3.63) is 82.6 Å². The summed E-state index contributed by atoms with van der Waals surface area (Å²) in [5.74, 6) is -0.441. The van der Waals surface area contributed by atoms with Gasteiger partial charge in [0.15, 0.2) is 5.76 Å². The second-order valence-corrected chi connectivity index (χ2v) is 8.22. The molecule has 0 unspecified atom stereocenters. The lowest BCUT2D eigenvalue weighted by molar-refractivity contribution is -0.158. The highest BCUT2D eigenvalue weighted by atomic mass is 16.7. The van der Waals surface area contributed by atoms with E-state index in [0.717, 1.165) is 16.7 Å². The Morgan fingerprint density at radius 3 is 2.35 bits per heavy atom. The second-order valence-electron chi connectivity index (χ2n) is 8.22. The fourth-order valence-corrected chi connectivity index (χ4v) is 3.98. The van der Waals surface area contributed by atoms with Crippen LogP contribution in [0, 0.1) is 0 Å². The smallest absolute Gasteiger partial charge is 0.337 e. The number of rotatable bonds is 7. The molecule has 34 heavy (non-hydrogen) atoms. The first-order chi connectivity index (χ1) is 16.6. The number of methoxy groups -OCH3 is 1. The number of amides is 1. The quantitative estimate of drug-likeness (QED) is 0.626. The molecule has 0 aromatic heterocycles. The van der Waals surface area contributed by atoms with Crippen molar-refractivity contribution < 1.29 is 33.6 Å². The Hall–Kier alpha value is -3.20. The molecule has 0 aliphatic carbocycles. The number of allylic oxidation sites excluding steroid dienone is 1. The number of nitrogens with zero attached hydrogens (tertiary/aromatic N) is 1. The summed E-state index contributed by atoms with van der Waals surface area (Å²) in [6.07, 6.45) is 1.74. The molecule has 2 aliphatic heterocycles. The number of aliphatic hydroxyl groups excluding tert-OH is 1. The van der Waals surface area contributed by atoms with E-state index in [9.17, 15) is 14.7 Å². The maximum absolute atomic E-state index is 13.1. The maximum Gasteiger partial charge on any atom is 0.337 e. The lowest BCUT2D eigenvalue weighted by atomic mass is 9.92. The van der Waals surface area contributed by atoms with E-state index in [-0.39, 0.29) is 24.2 Å². The predicted molar refractivity (Wildman–Crippen MR) is 123 cm³/mol. The Balaban J connectivity index is 1.51. The van der Waals surface area contributed by atoms with E-state index in [2.05, 4.69) is 0 Å². The molecule has 0 spiro atoms. The summed E-state index contributed by atoms with van der Waals surface area (Å²) in [6, 6.07) is 14.6. The molecule has 2 aromatic carbocycles. The summed E-state index contributed by atoms with van der Waals surface area (Å²) >= 11 is 0. The van der Waals surface area contributed by atoms with Crippen molar-refractivity contribution in [3.63, 3.8) is 0 Å². The molecule has 0 bridgehead atoms. The van der Waals surface area contributed by atoms with Crippen molar-refractivity contribution in [1.82, 2.24) is 4.90 Å². The van der Waals surface area contributed by atoms with Gasteiger partial charge in [-0.3, -0.25) is 4.79 Å². The molecule has 4 rings (SSSR count). The van der Waals surface area contributed by atoms with Gasteiger partial charge in [0, 0.05) is 25.4 Å². The molecule has 0 saturated carbocycles. The van der Waals surface area contributed by atoms with E-state index in [4.69, 9.17) is 18.9 Å². The van der Waals surface area contributed by atoms with Gasteiger partial charge in [-0.2, -0.15) is 0 Å². The molecule has 180 valence electrons. The van der Waals surface area contributed by atoms with Crippen LogP contribution in [0.3, 0.4) is 0 Å². The van der Waals surface area contributed by atoms with E-state index < -0.39 is 12.3 Å². The molecular formula is C26H29NO7. The molecule has 1 fully saturated rings. The number of carbonyl (C=O) groups is 2. The normalized spacial score (nSPS) is 20.3. The van der Waals surface area contributed by atoms with Crippen LogP contribution in [-0.2, 0) is 37.0 Å². The van der Waals surface area contributed by atoms with Gasteiger partial charge < -0.3 is 29.0 Å². The van der Waals surface area contributed by atoms with Gasteiger partial charge in [-0.25, -0.2) is 4.79 Å². The monoisotopic (exact) mass is 467 g/mol. The van der Waals surface area contributed by atoms with E-state index >= 15 is 0 Å². The average molecular weight is 468 g/mol. The molecule has 1 amide bonds. The lowest BCUT2D eigenvalue weighted by Crippen LogP contribution is -2.43. The van der Waals surface area contributed by atoms with Gasteiger partial charge in [0.05, 0.1) is 39.1 Å². The summed E-state index contributed by atoms with van der Waals surface area (Å²) in [4.78, 5) is 26.6. The minimum atomic E-state index is -0.618. The van der Waals surface area contributed by atoms with Crippen LogP contribution in [0.4, 0.5) is 0 Å². The van der Waals surface area contributed by atoms with Crippen molar-refractivity contribution in [2.45, 2.75) is 31.8 Å². The van der Waals surface area contributed by atoms with Crippen LogP contribution in [0.1, 0.15) is 39.4 Å². The molecule has 8 nitrogen and oxygen atoms in total. The van der Waals surface area contributed by atoms with Crippen molar-refractivity contribution in [3.8, 4) is 0 Å². The van der Waals surface area contributed by atoms with Crippen LogP contribution in [0.15, 0.2) is 60.4 Å². The molecule has 2 aliphatic rings. The average Bonchev–Trinajstić information content (AvgIpc) is 2.91. The molecule has 0 radical (unpaired) electrons. The third kappa shape index (κ3) is 5.83. The summed E-state index contributed by atoms with van der Waals surface area (Å²) in [5.41, 5.74) is 3.18. The fraction of sp³-hybridized carbons (Fsp3) is 0.385. The van der Waals surface area contributed by atoms with Crippen LogP contribution in [0.5, 0.6) is 0 Å². The summed E-state index contributed by atoms with van der Waals surface area (Å²) in [7, 11) is 1.35. The van der Waals surface area contributed by atoms with Crippen molar-refractivity contribution in [2.24, 2.45) is 0 Å². The van der Waals surface area contributed by atoms with Gasteiger partial charge in [-0.1, -0.05) is 36.4 Å². The van der Waals surface area contributed by atoms with Crippen LogP contribution in [0.25, 0.3) is 0 Å². The number of aliphatic hydroxyl groups is 1. The number of hydrogen-bond acceptors (Lipinski definition) is 7. The van der Waals surface area contributed by atoms with Crippen molar-refractivity contribution in [1.29, 1.82) is 0 Å². The largest absolute Gasteiger partial charge is 0.465 e. The Morgan fingerprint density at radius 2 is 1.71 bits per heavy atom. The number of morpholine rings is 1. The molecule has 8 heteroatoms. The minimum Gasteiger partial charge on any atom is -0.465 e. The van der Waals surface area contributed by atoms with E-state index in [1.165, 1.54) is 7.11 Å². The summed E-state index contributed by atoms with van der Waals surface area (Å²) in [6.45, 7) is 2.33. The van der Waals surface area contributed by atoms with Gasteiger partial charge in [0.1, 0.15) is 0 Å². The summed E-state index contributed by atoms with van der Waals surface area (Å²) < 4.78 is 22.2. The van der Waals surface area contributed by atoms with Crippen molar-refractivity contribution >= 4 is 11.9 Å². The highest BCUT2D eigenvalue weighted by Crippen LogP contribution is 2.33. The van der Waals surface area contributed by atoms with E-state index in [1.54, 1.807) is 17.0 Å². The van der Waals surface area contributed by atoms with Crippen LogP contribution in [-0.4, -0.2) is 61.6 Å². The second kappa shape index (κ2) is 11.3. The first-order valence-electron chi connectivity index (χ1n) is 11.3.